The number of anilines is 4. The fraction of sp³-hybridized carbons (Fsp3) is 0.111. The van der Waals surface area contributed by atoms with Crippen molar-refractivity contribution in [2.45, 2.75) is 6.92 Å². The van der Waals surface area contributed by atoms with Crippen LogP contribution in [0.5, 0.6) is 5.75 Å². The second-order valence-corrected chi connectivity index (χ2v) is 6.09. The third-order valence-corrected chi connectivity index (χ3v) is 4.21. The first-order valence-corrected chi connectivity index (χ1v) is 8.28. The van der Waals surface area contributed by atoms with Crippen LogP contribution in [0.15, 0.2) is 48.5 Å². The van der Waals surface area contributed by atoms with Gasteiger partial charge in [-0.25, -0.2) is 4.98 Å². The first-order valence-electron chi connectivity index (χ1n) is 7.53. The normalized spacial score (nSPS) is 10.4. The molecule has 0 bridgehead atoms. The Balaban J connectivity index is 1.86. The third kappa shape index (κ3) is 4.32. The Labute approximate surface area is 156 Å². The summed E-state index contributed by atoms with van der Waals surface area (Å²) in [5.74, 6) is 1.83. The van der Waals surface area contributed by atoms with Crippen molar-refractivity contribution >= 4 is 46.3 Å². The van der Waals surface area contributed by atoms with Crippen LogP contribution < -0.4 is 15.4 Å². The Bertz CT molecular complexity index is 902. The van der Waals surface area contributed by atoms with Crippen molar-refractivity contribution in [2.24, 2.45) is 0 Å². The molecule has 1 aromatic heterocycles. The molecular formula is C18H16Cl2N4O. The van der Waals surface area contributed by atoms with E-state index in [1.54, 1.807) is 13.2 Å². The average Bonchev–Trinajstić information content (AvgIpc) is 2.59. The Morgan fingerprint density at radius 2 is 1.76 bits per heavy atom. The average molecular weight is 375 g/mol. The molecule has 0 unspecified atom stereocenters. The molecule has 5 nitrogen and oxygen atoms in total. The fourth-order valence-corrected chi connectivity index (χ4v) is 2.60. The molecule has 1 heterocycles. The van der Waals surface area contributed by atoms with Gasteiger partial charge in [-0.2, -0.15) is 4.98 Å². The number of aromatic nitrogens is 2. The van der Waals surface area contributed by atoms with Crippen molar-refractivity contribution < 1.29 is 4.74 Å². The second kappa shape index (κ2) is 7.59. The lowest BCUT2D eigenvalue weighted by molar-refractivity contribution is 0.415. The topological polar surface area (TPSA) is 59.1 Å². The Kier molecular flexibility index (Phi) is 5.26. The van der Waals surface area contributed by atoms with Crippen LogP contribution in [0.1, 0.15) is 5.69 Å². The van der Waals surface area contributed by atoms with Crippen LogP contribution in [-0.2, 0) is 0 Å². The molecule has 7 heteroatoms. The van der Waals surface area contributed by atoms with E-state index in [0.29, 0.717) is 27.5 Å². The van der Waals surface area contributed by atoms with Crippen LogP contribution in [0.4, 0.5) is 23.1 Å². The van der Waals surface area contributed by atoms with Crippen molar-refractivity contribution in [3.8, 4) is 5.75 Å². The summed E-state index contributed by atoms with van der Waals surface area (Å²) in [5, 5.41) is 7.27. The molecule has 0 aliphatic heterocycles. The van der Waals surface area contributed by atoms with Crippen molar-refractivity contribution in [2.75, 3.05) is 17.7 Å². The van der Waals surface area contributed by atoms with E-state index >= 15 is 0 Å². The number of methoxy groups -OCH3 is 1. The fourth-order valence-electron chi connectivity index (χ4n) is 2.26. The minimum absolute atomic E-state index is 0.447. The molecule has 3 rings (SSSR count). The minimum atomic E-state index is 0.447. The van der Waals surface area contributed by atoms with E-state index in [2.05, 4.69) is 20.6 Å². The van der Waals surface area contributed by atoms with Gasteiger partial charge in [0.25, 0.3) is 0 Å². The lowest BCUT2D eigenvalue weighted by Crippen LogP contribution is -2.02. The largest absolute Gasteiger partial charge is 0.497 e. The number of hydrogen-bond acceptors (Lipinski definition) is 5. The molecule has 0 amide bonds. The van der Waals surface area contributed by atoms with Crippen LogP contribution in [0.3, 0.4) is 0 Å². The van der Waals surface area contributed by atoms with Crippen molar-refractivity contribution in [3.63, 3.8) is 0 Å². The summed E-state index contributed by atoms with van der Waals surface area (Å²) in [7, 11) is 1.62. The van der Waals surface area contributed by atoms with Gasteiger partial charge in [-0.1, -0.05) is 35.3 Å². The van der Waals surface area contributed by atoms with Gasteiger partial charge >= 0.3 is 0 Å². The second-order valence-electron chi connectivity index (χ2n) is 5.30. The summed E-state index contributed by atoms with van der Waals surface area (Å²) in [6.07, 6.45) is 0. The number of benzene rings is 2. The van der Waals surface area contributed by atoms with Crippen molar-refractivity contribution in [3.05, 3.63) is 64.3 Å². The summed E-state index contributed by atoms with van der Waals surface area (Å²) in [6, 6.07) is 14.8. The molecule has 2 N–H and O–H groups in total. The van der Waals surface area contributed by atoms with E-state index in [-0.39, 0.29) is 0 Å². The number of ether oxygens (including phenoxy) is 1. The van der Waals surface area contributed by atoms with E-state index in [0.717, 1.165) is 17.1 Å². The number of halogens is 2. The first kappa shape index (κ1) is 17.3. The van der Waals surface area contributed by atoms with Crippen molar-refractivity contribution in [1.82, 2.24) is 9.97 Å². The lowest BCUT2D eigenvalue weighted by atomic mass is 10.3. The maximum absolute atomic E-state index is 6.22. The van der Waals surface area contributed by atoms with Gasteiger partial charge < -0.3 is 15.4 Å². The van der Waals surface area contributed by atoms with Gasteiger partial charge in [0.2, 0.25) is 5.95 Å². The van der Waals surface area contributed by atoms with Gasteiger partial charge in [0, 0.05) is 23.5 Å². The number of nitrogens with zero attached hydrogens (tertiary/aromatic N) is 2. The monoisotopic (exact) mass is 374 g/mol. The number of nitrogens with one attached hydrogen (secondary N) is 2. The minimum Gasteiger partial charge on any atom is -0.497 e. The van der Waals surface area contributed by atoms with Crippen LogP contribution in [-0.4, -0.2) is 17.1 Å². The number of aryl methyl sites for hydroxylation is 1. The molecule has 0 saturated carbocycles. The van der Waals surface area contributed by atoms with Crippen LogP contribution >= 0.6 is 23.2 Å². The smallest absolute Gasteiger partial charge is 0.229 e. The Hall–Kier alpha value is -2.50. The van der Waals surface area contributed by atoms with Gasteiger partial charge in [-0.3, -0.25) is 0 Å². The molecule has 0 fully saturated rings. The zero-order valence-corrected chi connectivity index (χ0v) is 15.2. The highest BCUT2D eigenvalue weighted by Gasteiger charge is 2.08. The Morgan fingerprint density at radius 3 is 2.56 bits per heavy atom. The van der Waals surface area contributed by atoms with E-state index < -0.39 is 0 Å². The van der Waals surface area contributed by atoms with Gasteiger partial charge in [-0.05, 0) is 31.2 Å². The maximum atomic E-state index is 6.22. The maximum Gasteiger partial charge on any atom is 0.229 e. The molecular weight excluding hydrogens is 359 g/mol. The van der Waals surface area contributed by atoms with E-state index in [9.17, 15) is 0 Å². The number of hydrogen-bond donors (Lipinski definition) is 2. The highest BCUT2D eigenvalue weighted by atomic mass is 35.5. The molecule has 0 atom stereocenters. The molecule has 25 heavy (non-hydrogen) atoms. The third-order valence-electron chi connectivity index (χ3n) is 3.39. The molecule has 0 aliphatic rings. The standard InChI is InChI=1S/C18H16Cl2N4O/c1-11-9-16(23-15-8-4-7-14(19)17(15)20)24-18(21-11)22-12-5-3-6-13(10-12)25-2/h3-10H,1-2H3,(H2,21,22,23,24). The predicted molar refractivity (Wildman–Crippen MR) is 103 cm³/mol. The lowest BCUT2D eigenvalue weighted by Gasteiger charge is -2.12. The molecule has 0 aliphatic carbocycles. The van der Waals surface area contributed by atoms with Crippen LogP contribution in [0.25, 0.3) is 0 Å². The summed E-state index contributed by atoms with van der Waals surface area (Å²) in [4.78, 5) is 8.88. The first-order chi connectivity index (χ1) is 12.0. The molecule has 2 aromatic carbocycles. The van der Waals surface area contributed by atoms with E-state index in [1.807, 2.05) is 49.4 Å². The molecule has 0 saturated heterocycles. The summed E-state index contributed by atoms with van der Waals surface area (Å²) >= 11 is 12.3. The SMILES string of the molecule is COc1cccc(Nc2nc(C)cc(Nc3cccc(Cl)c3Cl)n2)c1. The predicted octanol–water partition coefficient (Wildman–Crippen LogP) is 5.59. The van der Waals surface area contributed by atoms with Gasteiger partial charge in [0.1, 0.15) is 11.6 Å². The molecule has 0 spiro atoms. The molecule has 3 aromatic rings. The summed E-state index contributed by atoms with van der Waals surface area (Å²) in [6.45, 7) is 1.89. The molecule has 0 radical (unpaired) electrons. The quantitative estimate of drug-likeness (QED) is 0.609. The Morgan fingerprint density at radius 1 is 0.960 bits per heavy atom. The van der Waals surface area contributed by atoms with E-state index in [1.165, 1.54) is 0 Å². The van der Waals surface area contributed by atoms with E-state index in [4.69, 9.17) is 27.9 Å². The zero-order chi connectivity index (χ0) is 17.8. The summed E-state index contributed by atoms with van der Waals surface area (Å²) in [5.41, 5.74) is 2.32. The van der Waals surface area contributed by atoms with Gasteiger partial charge in [0.05, 0.1) is 22.8 Å². The summed E-state index contributed by atoms with van der Waals surface area (Å²) < 4.78 is 5.22. The highest BCUT2D eigenvalue weighted by Crippen LogP contribution is 2.31. The number of rotatable bonds is 5. The van der Waals surface area contributed by atoms with Gasteiger partial charge in [0.15, 0.2) is 0 Å². The highest BCUT2D eigenvalue weighted by molar-refractivity contribution is 6.43. The van der Waals surface area contributed by atoms with Crippen molar-refractivity contribution in [1.29, 1.82) is 0 Å². The zero-order valence-electron chi connectivity index (χ0n) is 13.7. The van der Waals surface area contributed by atoms with Crippen LogP contribution in [0.2, 0.25) is 10.0 Å². The molecule has 128 valence electrons. The van der Waals surface area contributed by atoms with Crippen LogP contribution in [0, 0.1) is 6.92 Å². The van der Waals surface area contributed by atoms with Gasteiger partial charge in [-0.15, -0.1) is 0 Å².